The molecule has 0 aromatic carbocycles. The normalized spacial score (nSPS) is 35.5. The summed E-state index contributed by atoms with van der Waals surface area (Å²) in [5.41, 5.74) is 0. The summed E-state index contributed by atoms with van der Waals surface area (Å²) in [7, 11) is 0. The Kier molecular flexibility index (Phi) is 4.13. The molecule has 1 spiro atoms. The van der Waals surface area contributed by atoms with Crippen LogP contribution in [0, 0.1) is 5.92 Å². The van der Waals surface area contributed by atoms with Gasteiger partial charge in [-0.05, 0) is 18.8 Å². The largest absolute Gasteiger partial charge is 0.362 e. The Balaban J connectivity index is 1.54. The van der Waals surface area contributed by atoms with Gasteiger partial charge in [-0.15, -0.1) is 0 Å². The Bertz CT molecular complexity index is 302. The molecule has 3 aliphatic rings. The summed E-state index contributed by atoms with van der Waals surface area (Å²) in [5.74, 6) is 0.296. The lowest BCUT2D eigenvalue weighted by atomic mass is 9.94. The second kappa shape index (κ2) is 5.68. The van der Waals surface area contributed by atoms with Crippen LogP contribution in [0.3, 0.4) is 0 Å². The zero-order chi connectivity index (χ0) is 13.3. The molecule has 0 bridgehead atoms. The highest BCUT2D eigenvalue weighted by molar-refractivity contribution is 4.85. The number of nitrogens with zero attached hydrogens (tertiary/aromatic N) is 1. The summed E-state index contributed by atoms with van der Waals surface area (Å²) >= 11 is 0. The van der Waals surface area contributed by atoms with Crippen LogP contribution in [-0.4, -0.2) is 49.3 Å². The molecule has 1 aliphatic carbocycles. The van der Waals surface area contributed by atoms with Gasteiger partial charge in [-0.3, -0.25) is 4.90 Å². The van der Waals surface area contributed by atoms with Gasteiger partial charge in [0, 0.05) is 25.9 Å². The lowest BCUT2D eigenvalue weighted by molar-refractivity contribution is -0.189. The van der Waals surface area contributed by atoms with E-state index in [1.165, 1.54) is 19.3 Å². The Morgan fingerprint density at radius 1 is 1.21 bits per heavy atom. The summed E-state index contributed by atoms with van der Waals surface area (Å²) in [6.07, 6.45) is 6.45. The molecule has 3 rings (SSSR count). The first-order valence-corrected chi connectivity index (χ1v) is 7.86. The van der Waals surface area contributed by atoms with E-state index in [-0.39, 0.29) is 18.1 Å². The van der Waals surface area contributed by atoms with Crippen molar-refractivity contribution in [1.82, 2.24) is 4.90 Å². The summed E-state index contributed by atoms with van der Waals surface area (Å²) < 4.78 is 18.1. The maximum atomic E-state index is 6.26. The third-order valence-electron chi connectivity index (χ3n) is 4.56. The minimum Gasteiger partial charge on any atom is -0.362 e. The van der Waals surface area contributed by atoms with Crippen molar-refractivity contribution in [2.24, 2.45) is 5.92 Å². The van der Waals surface area contributed by atoms with Gasteiger partial charge in [-0.1, -0.05) is 20.3 Å². The fraction of sp³-hybridized carbons (Fsp3) is 1.00. The standard InChI is InChI=1S/C15H27NO3/c1-12(2)14-16(8-9-17-14)10-13-11-18-15(19-13)6-4-3-5-7-15/h12-14H,3-11H2,1-2H3/t13-,14+/m0/s1. The van der Waals surface area contributed by atoms with Crippen molar-refractivity contribution in [2.45, 2.75) is 64.1 Å². The van der Waals surface area contributed by atoms with Crippen molar-refractivity contribution in [3.05, 3.63) is 0 Å². The fourth-order valence-corrected chi connectivity index (χ4v) is 3.65. The van der Waals surface area contributed by atoms with E-state index < -0.39 is 0 Å². The van der Waals surface area contributed by atoms with E-state index >= 15 is 0 Å². The summed E-state index contributed by atoms with van der Waals surface area (Å²) in [6, 6.07) is 0. The molecule has 2 atom stereocenters. The fourth-order valence-electron chi connectivity index (χ4n) is 3.65. The third-order valence-corrected chi connectivity index (χ3v) is 4.56. The van der Waals surface area contributed by atoms with Crippen molar-refractivity contribution < 1.29 is 14.2 Å². The van der Waals surface area contributed by atoms with Crippen LogP contribution in [0.2, 0.25) is 0 Å². The first-order chi connectivity index (χ1) is 9.19. The van der Waals surface area contributed by atoms with E-state index in [0.717, 1.165) is 39.1 Å². The highest BCUT2D eigenvalue weighted by atomic mass is 16.7. The van der Waals surface area contributed by atoms with Gasteiger partial charge in [0.15, 0.2) is 5.79 Å². The minimum atomic E-state index is -0.239. The van der Waals surface area contributed by atoms with Crippen LogP contribution >= 0.6 is 0 Å². The summed E-state index contributed by atoms with van der Waals surface area (Å²) in [4.78, 5) is 2.42. The highest BCUT2D eigenvalue weighted by Crippen LogP contribution is 2.38. The van der Waals surface area contributed by atoms with Gasteiger partial charge in [0.25, 0.3) is 0 Å². The monoisotopic (exact) mass is 269 g/mol. The lowest BCUT2D eigenvalue weighted by Crippen LogP contribution is -2.41. The van der Waals surface area contributed by atoms with Gasteiger partial charge in [0.1, 0.15) is 6.23 Å². The van der Waals surface area contributed by atoms with Crippen LogP contribution in [0.5, 0.6) is 0 Å². The van der Waals surface area contributed by atoms with E-state index in [1.807, 2.05) is 0 Å². The van der Waals surface area contributed by atoms with Crippen LogP contribution in [0.4, 0.5) is 0 Å². The lowest BCUT2D eigenvalue weighted by Gasteiger charge is -2.33. The quantitative estimate of drug-likeness (QED) is 0.787. The zero-order valence-electron chi connectivity index (χ0n) is 12.3. The SMILES string of the molecule is CC(C)[C@H]1OCCN1C[C@H]1COC2(CCCCC2)O1. The molecule has 3 fully saturated rings. The second-order valence-electron chi connectivity index (χ2n) is 6.52. The van der Waals surface area contributed by atoms with Crippen LogP contribution < -0.4 is 0 Å². The Labute approximate surface area is 116 Å². The molecule has 2 aliphatic heterocycles. The van der Waals surface area contributed by atoms with Crippen LogP contribution in [-0.2, 0) is 14.2 Å². The van der Waals surface area contributed by atoms with Gasteiger partial charge in [-0.25, -0.2) is 0 Å². The molecule has 1 saturated carbocycles. The minimum absolute atomic E-state index is 0.223. The third kappa shape index (κ3) is 2.97. The summed E-state index contributed by atoms with van der Waals surface area (Å²) in [6.45, 7) is 8.01. The van der Waals surface area contributed by atoms with Gasteiger partial charge in [0.2, 0.25) is 0 Å². The average Bonchev–Trinajstić information content (AvgIpc) is 2.99. The number of ether oxygens (including phenoxy) is 3. The average molecular weight is 269 g/mol. The number of hydrogen-bond acceptors (Lipinski definition) is 4. The molecule has 0 aromatic rings. The van der Waals surface area contributed by atoms with Crippen LogP contribution in [0.15, 0.2) is 0 Å². The molecule has 2 heterocycles. The smallest absolute Gasteiger partial charge is 0.168 e. The number of hydrogen-bond donors (Lipinski definition) is 0. The van der Waals surface area contributed by atoms with Gasteiger partial charge < -0.3 is 14.2 Å². The second-order valence-corrected chi connectivity index (χ2v) is 6.52. The molecule has 19 heavy (non-hydrogen) atoms. The van der Waals surface area contributed by atoms with Crippen molar-refractivity contribution in [3.8, 4) is 0 Å². The van der Waals surface area contributed by atoms with Gasteiger partial charge >= 0.3 is 0 Å². The van der Waals surface area contributed by atoms with Crippen molar-refractivity contribution in [2.75, 3.05) is 26.3 Å². The Hall–Kier alpha value is -0.160. The molecule has 2 saturated heterocycles. The summed E-state index contributed by atoms with van der Waals surface area (Å²) in [5, 5.41) is 0. The van der Waals surface area contributed by atoms with E-state index in [9.17, 15) is 0 Å². The first-order valence-electron chi connectivity index (χ1n) is 7.86. The molecule has 110 valence electrons. The predicted molar refractivity (Wildman–Crippen MR) is 72.8 cm³/mol. The molecule has 0 N–H and O–H groups in total. The van der Waals surface area contributed by atoms with E-state index in [1.54, 1.807) is 0 Å². The van der Waals surface area contributed by atoms with Crippen LogP contribution in [0.25, 0.3) is 0 Å². The van der Waals surface area contributed by atoms with Crippen molar-refractivity contribution in [1.29, 1.82) is 0 Å². The van der Waals surface area contributed by atoms with Gasteiger partial charge in [-0.2, -0.15) is 0 Å². The zero-order valence-corrected chi connectivity index (χ0v) is 12.3. The molecule has 0 aromatic heterocycles. The van der Waals surface area contributed by atoms with Gasteiger partial charge in [0.05, 0.1) is 19.3 Å². The van der Waals surface area contributed by atoms with E-state index in [0.29, 0.717) is 5.92 Å². The van der Waals surface area contributed by atoms with Crippen molar-refractivity contribution >= 4 is 0 Å². The topological polar surface area (TPSA) is 30.9 Å². The Morgan fingerprint density at radius 3 is 2.74 bits per heavy atom. The molecule has 0 unspecified atom stereocenters. The first kappa shape index (κ1) is 13.8. The maximum Gasteiger partial charge on any atom is 0.168 e. The molecule has 4 nitrogen and oxygen atoms in total. The predicted octanol–water partition coefficient (Wildman–Crippen LogP) is 2.38. The Morgan fingerprint density at radius 2 is 2.00 bits per heavy atom. The molecule has 0 amide bonds. The number of rotatable bonds is 3. The van der Waals surface area contributed by atoms with E-state index in [2.05, 4.69) is 18.7 Å². The molecule has 4 heteroatoms. The van der Waals surface area contributed by atoms with Crippen molar-refractivity contribution in [3.63, 3.8) is 0 Å². The molecular formula is C15H27NO3. The molecular weight excluding hydrogens is 242 g/mol. The highest BCUT2D eigenvalue weighted by Gasteiger charge is 2.43. The van der Waals surface area contributed by atoms with Crippen LogP contribution in [0.1, 0.15) is 46.0 Å². The maximum absolute atomic E-state index is 6.26. The molecule has 0 radical (unpaired) electrons. The van der Waals surface area contributed by atoms with E-state index in [4.69, 9.17) is 14.2 Å².